The first kappa shape index (κ1) is 14.8. The second kappa shape index (κ2) is 6.26. The van der Waals surface area contributed by atoms with Crippen molar-refractivity contribution >= 4 is 21.3 Å². The summed E-state index contributed by atoms with van der Waals surface area (Å²) in [7, 11) is -3.13. The van der Waals surface area contributed by atoms with E-state index < -0.39 is 9.84 Å². The number of hydrogen-bond donors (Lipinski definition) is 1. The molecule has 1 aromatic carbocycles. The largest absolute Gasteiger partial charge is 0.489 e. The van der Waals surface area contributed by atoms with Gasteiger partial charge in [-0.15, -0.1) is 0 Å². The Bertz CT molecular complexity index is 595. The molecule has 1 aromatic rings. The van der Waals surface area contributed by atoms with Crippen molar-refractivity contribution in [2.45, 2.75) is 19.8 Å². The standard InChI is InChI=1S/C14H19NO4S/c1-2-9-20(17,18)10-6-13(16)11-4-3-5-12-14(11)19-8-7-15-12/h3-5,15H,2,6-10H2,1H3. The Morgan fingerprint density at radius 3 is 2.90 bits per heavy atom. The van der Waals surface area contributed by atoms with Crippen molar-refractivity contribution in [3.63, 3.8) is 0 Å². The molecule has 1 aliphatic rings. The number of nitrogens with one attached hydrogen (secondary N) is 1. The van der Waals surface area contributed by atoms with Gasteiger partial charge in [0.05, 0.1) is 17.0 Å². The van der Waals surface area contributed by atoms with Gasteiger partial charge < -0.3 is 10.1 Å². The van der Waals surface area contributed by atoms with Gasteiger partial charge >= 0.3 is 0 Å². The number of ether oxygens (including phenoxy) is 1. The molecule has 6 heteroatoms. The van der Waals surface area contributed by atoms with Crippen LogP contribution in [0.15, 0.2) is 18.2 Å². The maximum absolute atomic E-state index is 12.2. The van der Waals surface area contributed by atoms with Crippen LogP contribution in [0.5, 0.6) is 5.75 Å². The summed E-state index contributed by atoms with van der Waals surface area (Å²) in [4.78, 5) is 12.2. The molecule has 0 radical (unpaired) electrons. The van der Waals surface area contributed by atoms with Gasteiger partial charge in [0.2, 0.25) is 0 Å². The van der Waals surface area contributed by atoms with E-state index in [4.69, 9.17) is 4.74 Å². The number of Topliss-reactive ketones (excluding diaryl/α,β-unsaturated/α-hetero) is 1. The van der Waals surface area contributed by atoms with Gasteiger partial charge in [-0.05, 0) is 18.6 Å². The fourth-order valence-electron chi connectivity index (χ4n) is 2.19. The van der Waals surface area contributed by atoms with Crippen LogP contribution in [0.2, 0.25) is 0 Å². The molecule has 110 valence electrons. The zero-order chi connectivity index (χ0) is 14.6. The topological polar surface area (TPSA) is 72.5 Å². The lowest BCUT2D eigenvalue weighted by atomic mass is 10.1. The van der Waals surface area contributed by atoms with Crippen LogP contribution in [0.1, 0.15) is 30.1 Å². The van der Waals surface area contributed by atoms with Gasteiger partial charge in [-0.1, -0.05) is 13.0 Å². The Morgan fingerprint density at radius 2 is 2.15 bits per heavy atom. The minimum absolute atomic E-state index is 0.00213. The zero-order valence-electron chi connectivity index (χ0n) is 11.5. The van der Waals surface area contributed by atoms with E-state index in [0.717, 1.165) is 5.69 Å². The maximum Gasteiger partial charge on any atom is 0.167 e. The Balaban J connectivity index is 2.10. The Morgan fingerprint density at radius 1 is 1.35 bits per heavy atom. The summed E-state index contributed by atoms with van der Waals surface area (Å²) in [6, 6.07) is 5.30. The van der Waals surface area contributed by atoms with Gasteiger partial charge in [0.25, 0.3) is 0 Å². The lowest BCUT2D eigenvalue weighted by Crippen LogP contribution is -2.21. The van der Waals surface area contributed by atoms with Crippen LogP contribution in [0.25, 0.3) is 0 Å². The molecule has 0 spiro atoms. The Kier molecular flexibility index (Phi) is 4.65. The number of anilines is 1. The first-order valence-electron chi connectivity index (χ1n) is 6.77. The van der Waals surface area contributed by atoms with Crippen molar-refractivity contribution in [2.75, 3.05) is 30.0 Å². The van der Waals surface area contributed by atoms with Gasteiger partial charge in [-0.3, -0.25) is 4.79 Å². The SMILES string of the molecule is CCCS(=O)(=O)CCC(=O)c1cccc2c1OCCN2. The van der Waals surface area contributed by atoms with Crippen molar-refractivity contribution < 1.29 is 17.9 Å². The first-order valence-corrected chi connectivity index (χ1v) is 8.59. The lowest BCUT2D eigenvalue weighted by Gasteiger charge is -2.21. The predicted molar refractivity (Wildman–Crippen MR) is 78.3 cm³/mol. The van der Waals surface area contributed by atoms with E-state index in [1.807, 2.05) is 13.0 Å². The second-order valence-electron chi connectivity index (χ2n) is 4.78. The molecule has 5 nitrogen and oxygen atoms in total. The third-order valence-corrected chi connectivity index (χ3v) is 4.99. The number of para-hydroxylation sites is 1. The fourth-order valence-corrected chi connectivity index (χ4v) is 3.51. The monoisotopic (exact) mass is 297 g/mol. The first-order chi connectivity index (χ1) is 9.53. The molecule has 1 N–H and O–H groups in total. The molecule has 0 aliphatic carbocycles. The van der Waals surface area contributed by atoms with Gasteiger partial charge in [0.1, 0.15) is 6.61 Å². The average Bonchev–Trinajstić information content (AvgIpc) is 2.44. The number of sulfone groups is 1. The van der Waals surface area contributed by atoms with Gasteiger partial charge in [0, 0.05) is 18.7 Å². The van der Waals surface area contributed by atoms with Crippen molar-refractivity contribution in [3.8, 4) is 5.75 Å². The molecular weight excluding hydrogens is 278 g/mol. The van der Waals surface area contributed by atoms with E-state index in [-0.39, 0.29) is 23.7 Å². The van der Waals surface area contributed by atoms with E-state index >= 15 is 0 Å². The number of rotatable bonds is 6. The van der Waals surface area contributed by atoms with Crippen LogP contribution < -0.4 is 10.1 Å². The highest BCUT2D eigenvalue weighted by atomic mass is 32.2. The predicted octanol–water partition coefficient (Wildman–Crippen LogP) is 1.89. The number of carbonyl (C=O) groups is 1. The highest BCUT2D eigenvalue weighted by Crippen LogP contribution is 2.31. The highest BCUT2D eigenvalue weighted by molar-refractivity contribution is 7.91. The molecule has 0 unspecified atom stereocenters. The summed E-state index contributed by atoms with van der Waals surface area (Å²) in [5.41, 5.74) is 1.25. The molecule has 0 bridgehead atoms. The van der Waals surface area contributed by atoms with Crippen molar-refractivity contribution in [2.24, 2.45) is 0 Å². The Labute approximate surface area is 119 Å². The highest BCUT2D eigenvalue weighted by Gasteiger charge is 2.20. The second-order valence-corrected chi connectivity index (χ2v) is 7.09. The molecule has 0 fully saturated rings. The number of hydrogen-bond acceptors (Lipinski definition) is 5. The number of benzene rings is 1. The molecule has 0 atom stereocenters. The summed E-state index contributed by atoms with van der Waals surface area (Å²) < 4.78 is 28.8. The maximum atomic E-state index is 12.2. The summed E-state index contributed by atoms with van der Waals surface area (Å²) in [6.45, 7) is 3.02. The quantitative estimate of drug-likeness (QED) is 0.812. The van der Waals surface area contributed by atoms with Crippen LogP contribution in [0.4, 0.5) is 5.69 Å². The van der Waals surface area contributed by atoms with Crippen LogP contribution in [-0.2, 0) is 9.84 Å². The van der Waals surface area contributed by atoms with Gasteiger partial charge in [-0.2, -0.15) is 0 Å². The number of fused-ring (bicyclic) bond motifs is 1. The molecule has 20 heavy (non-hydrogen) atoms. The summed E-state index contributed by atoms with van der Waals surface area (Å²) in [5.74, 6) is 0.379. The van der Waals surface area contributed by atoms with Crippen LogP contribution in [0, 0.1) is 0 Å². The average molecular weight is 297 g/mol. The van der Waals surface area contributed by atoms with Crippen LogP contribution in [0.3, 0.4) is 0 Å². The van der Waals surface area contributed by atoms with E-state index in [1.54, 1.807) is 12.1 Å². The summed E-state index contributed by atoms with van der Waals surface area (Å²) in [5, 5.41) is 3.16. The zero-order valence-corrected chi connectivity index (χ0v) is 12.3. The van der Waals surface area contributed by atoms with Gasteiger partial charge in [0.15, 0.2) is 21.4 Å². The normalized spacial score (nSPS) is 14.1. The molecule has 1 heterocycles. The van der Waals surface area contributed by atoms with E-state index in [2.05, 4.69) is 5.32 Å². The molecule has 0 amide bonds. The number of carbonyl (C=O) groups excluding carboxylic acids is 1. The fraction of sp³-hybridized carbons (Fsp3) is 0.500. The third kappa shape index (κ3) is 3.50. The molecule has 0 saturated carbocycles. The van der Waals surface area contributed by atoms with E-state index in [0.29, 0.717) is 30.9 Å². The molecule has 0 saturated heterocycles. The van der Waals surface area contributed by atoms with Gasteiger partial charge in [-0.25, -0.2) is 8.42 Å². The summed E-state index contributed by atoms with van der Waals surface area (Å²) >= 11 is 0. The molecular formula is C14H19NO4S. The molecule has 2 rings (SSSR count). The molecule has 1 aliphatic heterocycles. The lowest BCUT2D eigenvalue weighted by molar-refractivity contribution is 0.0984. The number of ketones is 1. The Hall–Kier alpha value is -1.56. The van der Waals surface area contributed by atoms with Crippen LogP contribution in [-0.4, -0.2) is 38.9 Å². The van der Waals surface area contributed by atoms with E-state index in [9.17, 15) is 13.2 Å². The van der Waals surface area contributed by atoms with E-state index in [1.165, 1.54) is 0 Å². The third-order valence-electron chi connectivity index (χ3n) is 3.13. The van der Waals surface area contributed by atoms with Crippen molar-refractivity contribution in [3.05, 3.63) is 23.8 Å². The molecule has 0 aromatic heterocycles. The van der Waals surface area contributed by atoms with Crippen LogP contribution >= 0.6 is 0 Å². The van der Waals surface area contributed by atoms with Crippen molar-refractivity contribution in [1.29, 1.82) is 0 Å². The minimum atomic E-state index is -3.13. The van der Waals surface area contributed by atoms with Crippen molar-refractivity contribution in [1.82, 2.24) is 0 Å². The summed E-state index contributed by atoms with van der Waals surface area (Å²) in [6.07, 6.45) is 0.576. The minimum Gasteiger partial charge on any atom is -0.489 e. The smallest absolute Gasteiger partial charge is 0.167 e.